The van der Waals surface area contributed by atoms with Gasteiger partial charge in [0.15, 0.2) is 0 Å². The third-order valence-electron chi connectivity index (χ3n) is 4.22. The minimum absolute atomic E-state index is 0.125. The summed E-state index contributed by atoms with van der Waals surface area (Å²) in [5, 5.41) is 14.2. The molecule has 1 unspecified atom stereocenters. The van der Waals surface area contributed by atoms with E-state index < -0.39 is 10.7 Å². The Labute approximate surface area is 144 Å². The highest BCUT2D eigenvalue weighted by Gasteiger charge is 2.26. The molecule has 1 aromatic carbocycles. The second-order valence-corrected chi connectivity index (χ2v) is 5.91. The van der Waals surface area contributed by atoms with Crippen molar-refractivity contribution >= 4 is 11.4 Å². The number of nitro benzene ring substituents is 1. The fourth-order valence-electron chi connectivity index (χ4n) is 2.95. The second-order valence-electron chi connectivity index (χ2n) is 5.91. The van der Waals surface area contributed by atoms with E-state index in [1.807, 2.05) is 19.1 Å². The van der Waals surface area contributed by atoms with Crippen molar-refractivity contribution in [2.24, 2.45) is 0 Å². The number of hydrogen-bond acceptors (Lipinski definition) is 6. The molecule has 0 radical (unpaired) electrons. The predicted octanol–water partition coefficient (Wildman–Crippen LogP) is 3.12. The van der Waals surface area contributed by atoms with Crippen molar-refractivity contribution in [3.63, 3.8) is 0 Å². The Hall–Kier alpha value is -2.45. The predicted molar refractivity (Wildman–Crippen MR) is 90.1 cm³/mol. The van der Waals surface area contributed by atoms with E-state index in [1.54, 1.807) is 0 Å². The fraction of sp³-hybridized carbons (Fsp3) is 0.412. The van der Waals surface area contributed by atoms with Gasteiger partial charge in [0.2, 0.25) is 0 Å². The molecule has 1 saturated heterocycles. The molecule has 1 aliphatic rings. The van der Waals surface area contributed by atoms with Gasteiger partial charge >= 0.3 is 0 Å². The minimum Gasteiger partial charge on any atom is -0.465 e. The van der Waals surface area contributed by atoms with Crippen LogP contribution in [0.15, 0.2) is 34.7 Å². The van der Waals surface area contributed by atoms with E-state index in [-0.39, 0.29) is 17.4 Å². The molecule has 25 heavy (non-hydrogen) atoms. The number of benzene rings is 1. The highest BCUT2D eigenvalue weighted by atomic mass is 19.1. The number of rotatable bonds is 6. The molecule has 1 fully saturated rings. The van der Waals surface area contributed by atoms with Gasteiger partial charge in [-0.2, -0.15) is 0 Å². The summed E-state index contributed by atoms with van der Waals surface area (Å²) in [6.45, 7) is 4.93. The molecule has 7 nitrogen and oxygen atoms in total. The second kappa shape index (κ2) is 7.62. The van der Waals surface area contributed by atoms with Gasteiger partial charge in [0.1, 0.15) is 23.0 Å². The largest absolute Gasteiger partial charge is 0.465 e. The van der Waals surface area contributed by atoms with Crippen molar-refractivity contribution in [2.45, 2.75) is 13.0 Å². The van der Waals surface area contributed by atoms with Crippen molar-refractivity contribution in [2.75, 3.05) is 38.2 Å². The molecule has 1 aromatic heterocycles. The molecule has 0 saturated carbocycles. The summed E-state index contributed by atoms with van der Waals surface area (Å²) >= 11 is 0. The monoisotopic (exact) mass is 349 g/mol. The number of nitrogens with one attached hydrogen (secondary N) is 1. The molecule has 2 heterocycles. The molecule has 3 rings (SSSR count). The zero-order chi connectivity index (χ0) is 17.8. The number of morpholine rings is 1. The van der Waals surface area contributed by atoms with Gasteiger partial charge in [0.25, 0.3) is 5.69 Å². The van der Waals surface area contributed by atoms with Gasteiger partial charge in [0.05, 0.1) is 24.2 Å². The molecule has 2 aromatic rings. The van der Waals surface area contributed by atoms with Gasteiger partial charge in [-0.3, -0.25) is 15.0 Å². The van der Waals surface area contributed by atoms with Gasteiger partial charge in [-0.1, -0.05) is 0 Å². The number of aryl methyl sites for hydroxylation is 1. The maximum absolute atomic E-state index is 13.5. The Balaban J connectivity index is 1.81. The van der Waals surface area contributed by atoms with Crippen LogP contribution in [0, 0.1) is 22.9 Å². The standard InChI is InChI=1S/C17H20FN3O4/c1-12-2-5-17(25-12)16(20-6-8-24-9-7-20)11-19-14-10-13(18)3-4-15(14)21(22)23/h2-5,10,16,19H,6-9,11H2,1H3. The highest BCUT2D eigenvalue weighted by Crippen LogP contribution is 2.28. The lowest BCUT2D eigenvalue weighted by atomic mass is 10.1. The SMILES string of the molecule is Cc1ccc(C(CNc2cc(F)ccc2[N+](=O)[O-])N2CCOCC2)o1. The summed E-state index contributed by atoms with van der Waals surface area (Å²) in [5.41, 5.74) is 0.00397. The van der Waals surface area contributed by atoms with E-state index in [9.17, 15) is 14.5 Å². The number of furan rings is 1. The molecule has 0 bridgehead atoms. The Morgan fingerprint density at radius 3 is 2.72 bits per heavy atom. The quantitative estimate of drug-likeness (QED) is 0.637. The molecule has 8 heteroatoms. The summed E-state index contributed by atoms with van der Waals surface area (Å²) in [5.74, 6) is 1.04. The molecule has 134 valence electrons. The number of hydrogen-bond donors (Lipinski definition) is 1. The first-order valence-electron chi connectivity index (χ1n) is 8.10. The van der Waals surface area contributed by atoms with Crippen LogP contribution >= 0.6 is 0 Å². The highest BCUT2D eigenvalue weighted by molar-refractivity contribution is 5.61. The van der Waals surface area contributed by atoms with E-state index in [0.717, 1.165) is 36.7 Å². The van der Waals surface area contributed by atoms with Crippen LogP contribution in [0.2, 0.25) is 0 Å². The Morgan fingerprint density at radius 2 is 2.08 bits per heavy atom. The molecular weight excluding hydrogens is 329 g/mol. The number of nitrogens with zero attached hydrogens (tertiary/aromatic N) is 2. The molecule has 1 atom stereocenters. The number of nitro groups is 1. The zero-order valence-corrected chi connectivity index (χ0v) is 13.9. The smallest absolute Gasteiger partial charge is 0.292 e. The number of halogens is 1. The topological polar surface area (TPSA) is 80.8 Å². The van der Waals surface area contributed by atoms with Gasteiger partial charge in [0, 0.05) is 31.8 Å². The van der Waals surface area contributed by atoms with Crippen molar-refractivity contribution in [1.29, 1.82) is 0 Å². The van der Waals surface area contributed by atoms with Crippen LogP contribution in [0.5, 0.6) is 0 Å². The first-order chi connectivity index (χ1) is 12.0. The van der Waals surface area contributed by atoms with E-state index in [4.69, 9.17) is 9.15 Å². The van der Waals surface area contributed by atoms with E-state index in [1.165, 1.54) is 6.07 Å². The first kappa shape index (κ1) is 17.4. The van der Waals surface area contributed by atoms with Crippen LogP contribution in [-0.4, -0.2) is 42.7 Å². The maximum atomic E-state index is 13.5. The Bertz CT molecular complexity index is 743. The van der Waals surface area contributed by atoms with Crippen molar-refractivity contribution in [1.82, 2.24) is 4.90 Å². The van der Waals surface area contributed by atoms with Gasteiger partial charge in [-0.05, 0) is 25.1 Å². The molecule has 1 aliphatic heterocycles. The van der Waals surface area contributed by atoms with Crippen molar-refractivity contribution in [3.05, 3.63) is 57.8 Å². The summed E-state index contributed by atoms with van der Waals surface area (Å²) in [4.78, 5) is 12.8. The van der Waals surface area contributed by atoms with Crippen LogP contribution in [0.3, 0.4) is 0 Å². The van der Waals surface area contributed by atoms with Crippen LogP contribution < -0.4 is 5.32 Å². The van der Waals surface area contributed by atoms with Crippen LogP contribution in [0.4, 0.5) is 15.8 Å². The summed E-state index contributed by atoms with van der Waals surface area (Å²) < 4.78 is 24.7. The van der Waals surface area contributed by atoms with Crippen LogP contribution in [0.25, 0.3) is 0 Å². The summed E-state index contributed by atoms with van der Waals surface area (Å²) in [7, 11) is 0. The van der Waals surface area contributed by atoms with Crippen LogP contribution in [0.1, 0.15) is 17.6 Å². The number of ether oxygens (including phenoxy) is 1. The van der Waals surface area contributed by atoms with Gasteiger partial charge in [-0.25, -0.2) is 4.39 Å². The molecule has 0 spiro atoms. The Morgan fingerprint density at radius 1 is 1.32 bits per heavy atom. The van der Waals surface area contributed by atoms with Gasteiger partial charge in [-0.15, -0.1) is 0 Å². The van der Waals surface area contributed by atoms with E-state index >= 15 is 0 Å². The lowest BCUT2D eigenvalue weighted by Crippen LogP contribution is -2.41. The summed E-state index contributed by atoms with van der Waals surface area (Å²) in [6.07, 6.45) is 0. The van der Waals surface area contributed by atoms with Crippen molar-refractivity contribution in [3.8, 4) is 0 Å². The van der Waals surface area contributed by atoms with Crippen LogP contribution in [-0.2, 0) is 4.74 Å². The molecule has 0 amide bonds. The molecule has 1 N–H and O–H groups in total. The maximum Gasteiger partial charge on any atom is 0.292 e. The van der Waals surface area contributed by atoms with Gasteiger partial charge < -0.3 is 14.5 Å². The lowest BCUT2D eigenvalue weighted by molar-refractivity contribution is -0.384. The average Bonchev–Trinajstić information content (AvgIpc) is 3.02. The first-order valence-corrected chi connectivity index (χ1v) is 8.10. The third kappa shape index (κ3) is 4.15. The van der Waals surface area contributed by atoms with Crippen molar-refractivity contribution < 1.29 is 18.5 Å². The average molecular weight is 349 g/mol. The molecule has 0 aliphatic carbocycles. The third-order valence-corrected chi connectivity index (χ3v) is 4.22. The zero-order valence-electron chi connectivity index (χ0n) is 13.9. The lowest BCUT2D eigenvalue weighted by Gasteiger charge is -2.33. The normalized spacial score (nSPS) is 16.6. The van der Waals surface area contributed by atoms with E-state index in [2.05, 4.69) is 10.2 Å². The fourth-order valence-corrected chi connectivity index (χ4v) is 2.95. The van der Waals surface area contributed by atoms with E-state index in [0.29, 0.717) is 19.8 Å². The minimum atomic E-state index is -0.525. The summed E-state index contributed by atoms with van der Waals surface area (Å²) in [6, 6.07) is 7.05. The number of anilines is 1. The Kier molecular flexibility index (Phi) is 5.30. The molecular formula is C17H20FN3O4.